The largest absolute Gasteiger partial charge is 0.343 e. The molecule has 22 heavy (non-hydrogen) atoms. The van der Waals surface area contributed by atoms with Gasteiger partial charge in [-0.05, 0) is 32.1 Å². The Hall–Kier alpha value is -1.63. The number of carbonyl (C=O) groups excluding carboxylic acids is 2. The molecule has 3 amide bonds. The average molecular weight is 324 g/mol. The van der Waals surface area contributed by atoms with Gasteiger partial charge in [0.15, 0.2) is 5.13 Å². The van der Waals surface area contributed by atoms with E-state index in [1.807, 2.05) is 24.3 Å². The van der Waals surface area contributed by atoms with Gasteiger partial charge in [0.25, 0.3) is 0 Å². The van der Waals surface area contributed by atoms with Crippen LogP contribution in [0.25, 0.3) is 0 Å². The molecule has 122 valence electrons. The Kier molecular flexibility index (Phi) is 5.39. The van der Waals surface area contributed by atoms with E-state index in [1.165, 1.54) is 11.3 Å². The van der Waals surface area contributed by atoms with Gasteiger partial charge in [0.05, 0.1) is 5.69 Å². The van der Waals surface area contributed by atoms with Crippen LogP contribution >= 0.6 is 11.3 Å². The third-order valence-corrected chi connectivity index (χ3v) is 5.22. The molecule has 0 saturated heterocycles. The molecular formula is C15H24N4O2S. The average Bonchev–Trinajstić information content (AvgIpc) is 2.85. The summed E-state index contributed by atoms with van der Waals surface area (Å²) in [5, 5.41) is 8.33. The third-order valence-electron chi connectivity index (χ3n) is 4.34. The number of hydrogen-bond acceptors (Lipinski definition) is 4. The molecule has 0 spiro atoms. The molecule has 3 atom stereocenters. The van der Waals surface area contributed by atoms with Crippen molar-refractivity contribution in [3.63, 3.8) is 0 Å². The SMILES string of the molecule is CC(=O)N(C)[C@@H]1CC[C@@H](NC(=O)Nc2nc(C)cs2)C(C)C1. The summed E-state index contributed by atoms with van der Waals surface area (Å²) in [6, 6.07) is 0.206. The van der Waals surface area contributed by atoms with Crippen molar-refractivity contribution in [1.29, 1.82) is 0 Å². The summed E-state index contributed by atoms with van der Waals surface area (Å²) in [5.74, 6) is 0.435. The zero-order valence-corrected chi connectivity index (χ0v) is 14.4. The Bertz CT molecular complexity index is 545. The lowest BCUT2D eigenvalue weighted by Crippen LogP contribution is -2.49. The summed E-state index contributed by atoms with van der Waals surface area (Å²) in [7, 11) is 1.85. The number of urea groups is 1. The topological polar surface area (TPSA) is 74.3 Å². The maximum atomic E-state index is 12.0. The molecule has 2 N–H and O–H groups in total. The lowest BCUT2D eigenvalue weighted by atomic mass is 9.82. The second-order valence-electron chi connectivity index (χ2n) is 6.07. The highest BCUT2D eigenvalue weighted by Gasteiger charge is 2.31. The van der Waals surface area contributed by atoms with E-state index in [2.05, 4.69) is 22.5 Å². The molecule has 1 unspecified atom stereocenters. The van der Waals surface area contributed by atoms with Crippen LogP contribution in [0.1, 0.15) is 38.8 Å². The smallest absolute Gasteiger partial charge is 0.321 e. The monoisotopic (exact) mass is 324 g/mol. The van der Waals surface area contributed by atoms with E-state index in [0.717, 1.165) is 25.0 Å². The van der Waals surface area contributed by atoms with E-state index in [-0.39, 0.29) is 24.0 Å². The van der Waals surface area contributed by atoms with Crippen LogP contribution < -0.4 is 10.6 Å². The molecule has 0 radical (unpaired) electrons. The number of thiazole rings is 1. The Labute approximate surface area is 135 Å². The highest BCUT2D eigenvalue weighted by Crippen LogP contribution is 2.27. The van der Waals surface area contributed by atoms with Crippen molar-refractivity contribution in [3.8, 4) is 0 Å². The van der Waals surface area contributed by atoms with Gasteiger partial charge >= 0.3 is 6.03 Å². The number of aromatic nitrogens is 1. The number of nitrogens with one attached hydrogen (secondary N) is 2. The molecule has 0 aromatic carbocycles. The van der Waals surface area contributed by atoms with Gasteiger partial charge in [-0.1, -0.05) is 6.92 Å². The van der Waals surface area contributed by atoms with E-state index in [0.29, 0.717) is 11.0 Å². The number of rotatable bonds is 3. The molecule has 1 aromatic rings. The molecule has 6 nitrogen and oxygen atoms in total. The molecule has 1 aliphatic rings. The van der Waals surface area contributed by atoms with E-state index >= 15 is 0 Å². The van der Waals surface area contributed by atoms with Crippen LogP contribution in [-0.4, -0.2) is 41.0 Å². The normalized spacial score (nSPS) is 24.6. The van der Waals surface area contributed by atoms with Crippen molar-refractivity contribution in [3.05, 3.63) is 11.1 Å². The van der Waals surface area contributed by atoms with E-state index in [1.54, 1.807) is 6.92 Å². The molecular weight excluding hydrogens is 300 g/mol. The van der Waals surface area contributed by atoms with Gasteiger partial charge in [-0.3, -0.25) is 10.1 Å². The number of amides is 3. The third kappa shape index (κ3) is 4.19. The zero-order valence-electron chi connectivity index (χ0n) is 13.5. The van der Waals surface area contributed by atoms with Gasteiger partial charge in [0, 0.05) is 31.4 Å². The summed E-state index contributed by atoms with van der Waals surface area (Å²) < 4.78 is 0. The van der Waals surface area contributed by atoms with Crippen LogP contribution in [-0.2, 0) is 4.79 Å². The van der Waals surface area contributed by atoms with Gasteiger partial charge in [0.2, 0.25) is 5.91 Å². The maximum Gasteiger partial charge on any atom is 0.321 e. The first-order chi connectivity index (χ1) is 10.4. The number of anilines is 1. The minimum Gasteiger partial charge on any atom is -0.343 e. The lowest BCUT2D eigenvalue weighted by Gasteiger charge is -2.38. The zero-order chi connectivity index (χ0) is 16.3. The number of aryl methyl sites for hydroxylation is 1. The number of nitrogens with zero attached hydrogens (tertiary/aromatic N) is 2. The van der Waals surface area contributed by atoms with Gasteiger partial charge in [0.1, 0.15) is 0 Å². The van der Waals surface area contributed by atoms with Crippen LogP contribution in [0.2, 0.25) is 0 Å². The predicted octanol–water partition coefficient (Wildman–Crippen LogP) is 2.61. The Balaban J connectivity index is 1.84. The molecule has 7 heteroatoms. The van der Waals surface area contributed by atoms with Crippen molar-refractivity contribution >= 4 is 28.4 Å². The first-order valence-electron chi connectivity index (χ1n) is 7.60. The second kappa shape index (κ2) is 7.09. The Morgan fingerprint density at radius 1 is 1.41 bits per heavy atom. The van der Waals surface area contributed by atoms with Gasteiger partial charge in [-0.15, -0.1) is 11.3 Å². The predicted molar refractivity (Wildman–Crippen MR) is 88.0 cm³/mol. The minimum absolute atomic E-state index is 0.0977. The molecule has 1 saturated carbocycles. The molecule has 1 fully saturated rings. The lowest BCUT2D eigenvalue weighted by molar-refractivity contribution is -0.130. The summed E-state index contributed by atoms with van der Waals surface area (Å²) in [4.78, 5) is 29.5. The number of carbonyl (C=O) groups is 2. The van der Waals surface area contributed by atoms with Gasteiger partial charge in [-0.25, -0.2) is 9.78 Å². The minimum atomic E-state index is -0.204. The summed E-state index contributed by atoms with van der Waals surface area (Å²) in [5.41, 5.74) is 0.904. The second-order valence-corrected chi connectivity index (χ2v) is 6.93. The van der Waals surface area contributed by atoms with Crippen LogP contribution in [0.5, 0.6) is 0 Å². The highest BCUT2D eigenvalue weighted by molar-refractivity contribution is 7.13. The molecule has 1 aliphatic carbocycles. The van der Waals surface area contributed by atoms with Crippen molar-refractivity contribution in [1.82, 2.24) is 15.2 Å². The van der Waals surface area contributed by atoms with Crippen LogP contribution in [0.3, 0.4) is 0 Å². The highest BCUT2D eigenvalue weighted by atomic mass is 32.1. The van der Waals surface area contributed by atoms with Crippen molar-refractivity contribution in [2.75, 3.05) is 12.4 Å². The Morgan fingerprint density at radius 3 is 2.68 bits per heavy atom. The fourth-order valence-corrected chi connectivity index (χ4v) is 3.59. The standard InChI is InChI=1S/C15H24N4O2S/c1-9-7-12(19(4)11(3)20)5-6-13(9)17-14(21)18-15-16-10(2)8-22-15/h8-9,12-13H,5-7H2,1-4H3,(H2,16,17,18,21)/t9?,12-,13-/m1/s1. The first kappa shape index (κ1) is 16.7. The van der Waals surface area contributed by atoms with Crippen LogP contribution in [0.4, 0.5) is 9.93 Å². The maximum absolute atomic E-state index is 12.0. The van der Waals surface area contributed by atoms with Crippen molar-refractivity contribution in [2.45, 2.75) is 52.1 Å². The summed E-state index contributed by atoms with van der Waals surface area (Å²) in [6.07, 6.45) is 2.72. The number of hydrogen-bond donors (Lipinski definition) is 2. The summed E-state index contributed by atoms with van der Waals surface area (Å²) in [6.45, 7) is 5.62. The van der Waals surface area contributed by atoms with E-state index < -0.39 is 0 Å². The van der Waals surface area contributed by atoms with Crippen LogP contribution in [0.15, 0.2) is 5.38 Å². The fraction of sp³-hybridized carbons (Fsp3) is 0.667. The first-order valence-corrected chi connectivity index (χ1v) is 8.47. The Morgan fingerprint density at radius 2 is 2.14 bits per heavy atom. The molecule has 0 aliphatic heterocycles. The van der Waals surface area contributed by atoms with Crippen molar-refractivity contribution in [2.24, 2.45) is 5.92 Å². The molecule has 0 bridgehead atoms. The van der Waals surface area contributed by atoms with Gasteiger partial charge < -0.3 is 10.2 Å². The van der Waals surface area contributed by atoms with E-state index in [9.17, 15) is 9.59 Å². The molecule has 2 rings (SSSR count). The quantitative estimate of drug-likeness (QED) is 0.897. The summed E-state index contributed by atoms with van der Waals surface area (Å²) >= 11 is 1.42. The molecule has 1 aromatic heterocycles. The molecule has 1 heterocycles. The van der Waals surface area contributed by atoms with Crippen molar-refractivity contribution < 1.29 is 9.59 Å². The van der Waals surface area contributed by atoms with Gasteiger partial charge in [-0.2, -0.15) is 0 Å². The van der Waals surface area contributed by atoms with Crippen LogP contribution in [0, 0.1) is 12.8 Å². The van der Waals surface area contributed by atoms with E-state index in [4.69, 9.17) is 0 Å². The fourth-order valence-electron chi connectivity index (χ4n) is 2.90.